The molecule has 21 heavy (non-hydrogen) atoms. The summed E-state index contributed by atoms with van der Waals surface area (Å²) in [6.45, 7) is 2.37. The summed E-state index contributed by atoms with van der Waals surface area (Å²) in [6.07, 6.45) is 3.56. The van der Waals surface area contributed by atoms with Crippen LogP contribution in [0.3, 0.4) is 0 Å². The third-order valence-electron chi connectivity index (χ3n) is 3.39. The Kier molecular flexibility index (Phi) is 3.73. The lowest BCUT2D eigenvalue weighted by atomic mass is 10.1. The van der Waals surface area contributed by atoms with Gasteiger partial charge in [-0.3, -0.25) is 4.98 Å². The summed E-state index contributed by atoms with van der Waals surface area (Å²) >= 11 is 6.22. The first kappa shape index (κ1) is 13.8. The first-order valence-corrected chi connectivity index (χ1v) is 7.03. The van der Waals surface area contributed by atoms with Crippen LogP contribution in [-0.4, -0.2) is 14.8 Å². The van der Waals surface area contributed by atoms with Gasteiger partial charge in [-0.15, -0.1) is 0 Å². The van der Waals surface area contributed by atoms with Gasteiger partial charge in [-0.1, -0.05) is 17.7 Å². The highest BCUT2D eigenvalue weighted by atomic mass is 35.5. The second-order valence-corrected chi connectivity index (χ2v) is 5.17. The topological polar surface area (TPSA) is 56.7 Å². The van der Waals surface area contributed by atoms with Gasteiger partial charge in [0.05, 0.1) is 17.1 Å². The summed E-state index contributed by atoms with van der Waals surface area (Å²) in [7, 11) is 0. The molecule has 2 N–H and O–H groups in total. The standard InChI is InChI=1S/C16H15ClN4/c1-11-14(17)5-2-6-15(11)21-16(8-13(9-18)20-21)12-4-3-7-19-10-12/h2-8,10H,9,18H2,1H3. The fourth-order valence-electron chi connectivity index (χ4n) is 2.26. The molecule has 3 rings (SSSR count). The van der Waals surface area contributed by atoms with Gasteiger partial charge < -0.3 is 5.73 Å². The molecule has 3 aromatic rings. The molecule has 0 fully saturated rings. The van der Waals surface area contributed by atoms with Crippen molar-refractivity contribution in [2.24, 2.45) is 5.73 Å². The molecule has 4 nitrogen and oxygen atoms in total. The average molecular weight is 299 g/mol. The summed E-state index contributed by atoms with van der Waals surface area (Å²) < 4.78 is 1.88. The summed E-state index contributed by atoms with van der Waals surface area (Å²) in [6, 6.07) is 11.7. The number of halogens is 1. The van der Waals surface area contributed by atoms with Gasteiger partial charge >= 0.3 is 0 Å². The van der Waals surface area contributed by atoms with Crippen LogP contribution in [0.2, 0.25) is 5.02 Å². The van der Waals surface area contributed by atoms with Gasteiger partial charge in [-0.2, -0.15) is 5.10 Å². The molecule has 0 spiro atoms. The maximum Gasteiger partial charge on any atom is 0.0771 e. The normalized spacial score (nSPS) is 10.8. The molecule has 5 heteroatoms. The van der Waals surface area contributed by atoms with Crippen LogP contribution in [0.4, 0.5) is 0 Å². The van der Waals surface area contributed by atoms with E-state index >= 15 is 0 Å². The molecule has 0 radical (unpaired) electrons. The number of pyridine rings is 1. The van der Waals surface area contributed by atoms with Gasteiger partial charge in [-0.25, -0.2) is 4.68 Å². The lowest BCUT2D eigenvalue weighted by Crippen LogP contribution is -2.04. The van der Waals surface area contributed by atoms with E-state index in [-0.39, 0.29) is 0 Å². The highest BCUT2D eigenvalue weighted by molar-refractivity contribution is 6.31. The Bertz CT molecular complexity index is 765. The predicted octanol–water partition coefficient (Wildman–Crippen LogP) is 3.35. The molecule has 0 bridgehead atoms. The molecule has 0 saturated heterocycles. The van der Waals surface area contributed by atoms with Crippen LogP contribution in [0, 0.1) is 6.92 Å². The molecule has 1 aromatic carbocycles. The molecule has 0 amide bonds. The van der Waals surface area contributed by atoms with Gasteiger partial charge in [0.15, 0.2) is 0 Å². The summed E-state index contributed by atoms with van der Waals surface area (Å²) in [5.74, 6) is 0. The lowest BCUT2D eigenvalue weighted by Gasteiger charge is -2.11. The minimum atomic E-state index is 0.389. The van der Waals surface area contributed by atoms with E-state index in [2.05, 4.69) is 10.1 Å². The summed E-state index contributed by atoms with van der Waals surface area (Å²) in [5, 5.41) is 5.30. The number of benzene rings is 1. The Morgan fingerprint density at radius 3 is 2.81 bits per heavy atom. The first-order chi connectivity index (χ1) is 10.2. The van der Waals surface area contributed by atoms with Crippen molar-refractivity contribution in [1.29, 1.82) is 0 Å². The number of hydrogen-bond acceptors (Lipinski definition) is 3. The van der Waals surface area contributed by atoms with E-state index in [1.54, 1.807) is 6.20 Å². The Labute approximate surface area is 128 Å². The van der Waals surface area contributed by atoms with Gasteiger partial charge in [-0.05, 0) is 42.8 Å². The van der Waals surface area contributed by atoms with Crippen LogP contribution < -0.4 is 5.73 Å². The van der Waals surface area contributed by atoms with Crippen molar-refractivity contribution in [3.05, 3.63) is 65.1 Å². The first-order valence-electron chi connectivity index (χ1n) is 6.65. The van der Waals surface area contributed by atoms with E-state index in [4.69, 9.17) is 17.3 Å². The Hall–Kier alpha value is -2.17. The maximum atomic E-state index is 6.22. The largest absolute Gasteiger partial charge is 0.325 e. The zero-order valence-electron chi connectivity index (χ0n) is 11.6. The number of nitrogens with two attached hydrogens (primary N) is 1. The van der Waals surface area contributed by atoms with Crippen LogP contribution in [0.1, 0.15) is 11.3 Å². The van der Waals surface area contributed by atoms with E-state index < -0.39 is 0 Å². The van der Waals surface area contributed by atoms with Gasteiger partial charge in [0, 0.05) is 29.5 Å². The molecule has 0 unspecified atom stereocenters. The predicted molar refractivity (Wildman–Crippen MR) is 84.4 cm³/mol. The number of rotatable bonds is 3. The van der Waals surface area contributed by atoms with Gasteiger partial charge in [0.2, 0.25) is 0 Å². The van der Waals surface area contributed by atoms with Crippen molar-refractivity contribution in [3.8, 4) is 16.9 Å². The van der Waals surface area contributed by atoms with Crippen molar-refractivity contribution in [3.63, 3.8) is 0 Å². The second-order valence-electron chi connectivity index (χ2n) is 4.76. The molecular weight excluding hydrogens is 284 g/mol. The van der Waals surface area contributed by atoms with E-state index in [1.165, 1.54) is 0 Å². The molecule has 0 aliphatic rings. The molecule has 0 saturated carbocycles. The smallest absolute Gasteiger partial charge is 0.0771 e. The van der Waals surface area contributed by atoms with Crippen molar-refractivity contribution < 1.29 is 0 Å². The fourth-order valence-corrected chi connectivity index (χ4v) is 2.43. The SMILES string of the molecule is Cc1c(Cl)cccc1-n1nc(CN)cc1-c1cccnc1. The Morgan fingerprint density at radius 1 is 1.24 bits per heavy atom. The van der Waals surface area contributed by atoms with Crippen LogP contribution in [-0.2, 0) is 6.54 Å². The zero-order chi connectivity index (χ0) is 14.8. The highest BCUT2D eigenvalue weighted by Crippen LogP contribution is 2.27. The maximum absolute atomic E-state index is 6.22. The molecule has 2 aromatic heterocycles. The second kappa shape index (κ2) is 5.68. The minimum Gasteiger partial charge on any atom is -0.325 e. The number of aromatic nitrogens is 3. The zero-order valence-corrected chi connectivity index (χ0v) is 12.4. The lowest BCUT2D eigenvalue weighted by molar-refractivity contribution is 0.833. The Morgan fingerprint density at radius 2 is 2.10 bits per heavy atom. The van der Waals surface area contributed by atoms with E-state index in [1.807, 2.05) is 54.2 Å². The molecule has 0 atom stereocenters. The quantitative estimate of drug-likeness (QED) is 0.806. The highest BCUT2D eigenvalue weighted by Gasteiger charge is 2.13. The van der Waals surface area contributed by atoms with Gasteiger partial charge in [0.1, 0.15) is 0 Å². The number of hydrogen-bond donors (Lipinski definition) is 1. The van der Waals surface area contributed by atoms with Gasteiger partial charge in [0.25, 0.3) is 0 Å². The Balaban J connectivity index is 2.23. The fraction of sp³-hybridized carbons (Fsp3) is 0.125. The molecule has 0 aliphatic carbocycles. The van der Waals surface area contributed by atoms with E-state index in [0.29, 0.717) is 6.54 Å². The van der Waals surface area contributed by atoms with E-state index in [9.17, 15) is 0 Å². The monoisotopic (exact) mass is 298 g/mol. The third-order valence-corrected chi connectivity index (χ3v) is 3.80. The van der Waals surface area contributed by atoms with Crippen LogP contribution in [0.5, 0.6) is 0 Å². The molecule has 2 heterocycles. The molecule has 0 aliphatic heterocycles. The van der Waals surface area contributed by atoms with Crippen LogP contribution in [0.25, 0.3) is 16.9 Å². The van der Waals surface area contributed by atoms with Crippen molar-refractivity contribution >= 4 is 11.6 Å². The van der Waals surface area contributed by atoms with Crippen molar-refractivity contribution in [1.82, 2.24) is 14.8 Å². The third kappa shape index (κ3) is 2.55. The van der Waals surface area contributed by atoms with Crippen molar-refractivity contribution in [2.75, 3.05) is 0 Å². The average Bonchev–Trinajstić information content (AvgIpc) is 2.95. The van der Waals surface area contributed by atoms with Crippen LogP contribution in [0.15, 0.2) is 48.8 Å². The van der Waals surface area contributed by atoms with Crippen molar-refractivity contribution in [2.45, 2.75) is 13.5 Å². The number of nitrogens with zero attached hydrogens (tertiary/aromatic N) is 3. The van der Waals surface area contributed by atoms with E-state index in [0.717, 1.165) is 33.2 Å². The van der Waals surface area contributed by atoms with Crippen LogP contribution >= 0.6 is 11.6 Å². The molecule has 106 valence electrons. The summed E-state index contributed by atoms with van der Waals surface area (Å²) in [4.78, 5) is 4.17. The molecular formula is C16H15ClN4. The summed E-state index contributed by atoms with van der Waals surface area (Å²) in [5.41, 5.74) is 10.4. The minimum absolute atomic E-state index is 0.389.